The number of halogens is 1. The van der Waals surface area contributed by atoms with Gasteiger partial charge in [-0.05, 0) is 44.0 Å². The number of likely N-dealkylation sites (N-methyl/N-ethyl adjacent to an activating group) is 1. The van der Waals surface area contributed by atoms with Gasteiger partial charge in [0.1, 0.15) is 11.9 Å². The van der Waals surface area contributed by atoms with E-state index >= 15 is 0 Å². The van der Waals surface area contributed by atoms with Crippen molar-refractivity contribution < 1.29 is 22.4 Å². The van der Waals surface area contributed by atoms with Crippen LogP contribution in [0.15, 0.2) is 83.8 Å². The van der Waals surface area contributed by atoms with Gasteiger partial charge in [-0.15, -0.1) is 0 Å². The highest BCUT2D eigenvalue weighted by molar-refractivity contribution is 7.89. The second kappa shape index (κ2) is 13.5. The summed E-state index contributed by atoms with van der Waals surface area (Å²) in [6, 6.07) is 20.5. The van der Waals surface area contributed by atoms with Crippen LogP contribution in [0.25, 0.3) is 0 Å². The number of hydrogen-bond donors (Lipinski definition) is 1. The molecule has 39 heavy (non-hydrogen) atoms. The van der Waals surface area contributed by atoms with Crippen molar-refractivity contribution in [1.29, 1.82) is 0 Å². The summed E-state index contributed by atoms with van der Waals surface area (Å²) in [4.78, 5) is 28.7. The lowest BCUT2D eigenvalue weighted by atomic mass is 10.0. The van der Waals surface area contributed by atoms with Gasteiger partial charge in [-0.1, -0.05) is 73.2 Å². The zero-order valence-corrected chi connectivity index (χ0v) is 23.6. The molecule has 0 heterocycles. The topological polar surface area (TPSA) is 86.8 Å². The Bertz CT molecular complexity index is 1360. The Labute approximate surface area is 230 Å². The minimum absolute atomic E-state index is 0.0550. The first-order valence-corrected chi connectivity index (χ1v) is 14.4. The van der Waals surface area contributed by atoms with Crippen LogP contribution < -0.4 is 5.32 Å². The predicted octanol–water partition coefficient (Wildman–Crippen LogP) is 4.31. The fraction of sp³-hybridized carbons (Fsp3) is 0.333. The van der Waals surface area contributed by atoms with E-state index in [0.717, 1.165) is 15.4 Å². The molecule has 0 spiro atoms. The summed E-state index contributed by atoms with van der Waals surface area (Å²) in [5.74, 6) is -1.52. The second-order valence-corrected chi connectivity index (χ2v) is 11.8. The van der Waals surface area contributed by atoms with Crippen LogP contribution in [0.5, 0.6) is 0 Å². The third-order valence-corrected chi connectivity index (χ3v) is 8.48. The number of nitrogens with one attached hydrogen (secondary N) is 1. The van der Waals surface area contributed by atoms with E-state index in [1.165, 1.54) is 30.1 Å². The fourth-order valence-electron chi connectivity index (χ4n) is 4.06. The number of benzene rings is 3. The highest BCUT2D eigenvalue weighted by atomic mass is 32.2. The Morgan fingerprint density at radius 1 is 0.949 bits per heavy atom. The van der Waals surface area contributed by atoms with Gasteiger partial charge in [0.05, 0.1) is 11.4 Å². The summed E-state index contributed by atoms with van der Waals surface area (Å²) in [5.41, 5.74) is 1.94. The van der Waals surface area contributed by atoms with E-state index in [-0.39, 0.29) is 35.4 Å². The van der Waals surface area contributed by atoms with Crippen molar-refractivity contribution in [2.75, 3.05) is 13.6 Å². The second-order valence-electron chi connectivity index (χ2n) is 9.71. The van der Waals surface area contributed by atoms with Gasteiger partial charge in [0, 0.05) is 31.6 Å². The molecule has 0 fully saturated rings. The SMILES string of the molecule is CC[C@H](C)NC(=O)[C@H](Cc1ccccc1)N(Cc1ccccc1F)C(=O)CN(C)S(=O)(=O)c1ccc(C)cc1. The molecule has 9 heteroatoms. The van der Waals surface area contributed by atoms with Crippen LogP contribution in [0.1, 0.15) is 37.0 Å². The first-order chi connectivity index (χ1) is 18.5. The number of rotatable bonds is 12. The molecule has 3 aromatic rings. The quantitative estimate of drug-likeness (QED) is 0.362. The monoisotopic (exact) mass is 553 g/mol. The normalized spacial score (nSPS) is 13.1. The molecule has 0 aliphatic carbocycles. The molecular weight excluding hydrogens is 517 g/mol. The van der Waals surface area contributed by atoms with Crippen molar-refractivity contribution >= 4 is 21.8 Å². The summed E-state index contributed by atoms with van der Waals surface area (Å²) in [6.45, 7) is 4.93. The van der Waals surface area contributed by atoms with Gasteiger partial charge < -0.3 is 10.2 Å². The number of sulfonamides is 1. The van der Waals surface area contributed by atoms with Gasteiger partial charge in [0.25, 0.3) is 0 Å². The first kappa shape index (κ1) is 30.0. The number of amides is 2. The molecule has 2 amide bonds. The van der Waals surface area contributed by atoms with Crippen LogP contribution >= 0.6 is 0 Å². The van der Waals surface area contributed by atoms with Crippen molar-refractivity contribution in [3.8, 4) is 0 Å². The Hall–Kier alpha value is -3.56. The van der Waals surface area contributed by atoms with Crippen molar-refractivity contribution in [2.24, 2.45) is 0 Å². The Morgan fingerprint density at radius 3 is 2.18 bits per heavy atom. The zero-order chi connectivity index (χ0) is 28.6. The van der Waals surface area contributed by atoms with Crippen LogP contribution in [0, 0.1) is 12.7 Å². The summed E-state index contributed by atoms with van der Waals surface area (Å²) in [5, 5.41) is 2.94. The molecule has 0 unspecified atom stereocenters. The van der Waals surface area contributed by atoms with E-state index in [0.29, 0.717) is 6.42 Å². The number of carbonyl (C=O) groups excluding carboxylic acids is 2. The largest absolute Gasteiger partial charge is 0.352 e. The van der Waals surface area contributed by atoms with Crippen molar-refractivity contribution in [1.82, 2.24) is 14.5 Å². The maximum atomic E-state index is 14.7. The van der Waals surface area contributed by atoms with Gasteiger partial charge in [0.15, 0.2) is 0 Å². The van der Waals surface area contributed by atoms with Crippen LogP contribution in [0.2, 0.25) is 0 Å². The smallest absolute Gasteiger partial charge is 0.243 e. The molecule has 0 saturated heterocycles. The number of aryl methyl sites for hydroxylation is 1. The van der Waals surface area contributed by atoms with E-state index in [2.05, 4.69) is 5.32 Å². The fourth-order valence-corrected chi connectivity index (χ4v) is 5.18. The van der Waals surface area contributed by atoms with Crippen molar-refractivity contribution in [3.63, 3.8) is 0 Å². The molecule has 208 valence electrons. The zero-order valence-electron chi connectivity index (χ0n) is 22.8. The van der Waals surface area contributed by atoms with Crippen LogP contribution in [0.4, 0.5) is 4.39 Å². The van der Waals surface area contributed by atoms with Gasteiger partial charge in [0.2, 0.25) is 21.8 Å². The Morgan fingerprint density at radius 2 is 1.56 bits per heavy atom. The summed E-state index contributed by atoms with van der Waals surface area (Å²) < 4.78 is 42.1. The third kappa shape index (κ3) is 7.97. The van der Waals surface area contributed by atoms with Crippen molar-refractivity contribution in [2.45, 2.75) is 57.1 Å². The average molecular weight is 554 g/mol. The third-order valence-electron chi connectivity index (χ3n) is 6.66. The molecule has 0 bridgehead atoms. The molecule has 0 aliphatic rings. The maximum Gasteiger partial charge on any atom is 0.243 e. The van der Waals surface area contributed by atoms with E-state index in [1.54, 1.807) is 30.3 Å². The highest BCUT2D eigenvalue weighted by Gasteiger charge is 2.33. The van der Waals surface area contributed by atoms with E-state index in [4.69, 9.17) is 0 Å². The standard InChI is InChI=1S/C30H36FN3O4S/c1-5-23(3)32-30(36)28(19-24-11-7-6-8-12-24)34(20-25-13-9-10-14-27(25)31)29(35)21-33(4)39(37,38)26-17-15-22(2)16-18-26/h6-18,23,28H,5,19-21H2,1-4H3,(H,32,36)/t23-,28-/m0/s1. The molecule has 7 nitrogen and oxygen atoms in total. The molecule has 1 N–H and O–H groups in total. The minimum Gasteiger partial charge on any atom is -0.352 e. The Kier molecular flexibility index (Phi) is 10.4. The first-order valence-electron chi connectivity index (χ1n) is 12.9. The maximum absolute atomic E-state index is 14.7. The lowest BCUT2D eigenvalue weighted by Crippen LogP contribution is -2.54. The van der Waals surface area contributed by atoms with Gasteiger partial charge in [-0.25, -0.2) is 12.8 Å². The number of hydrogen-bond acceptors (Lipinski definition) is 4. The van der Waals surface area contributed by atoms with Gasteiger partial charge >= 0.3 is 0 Å². The predicted molar refractivity (Wildman–Crippen MR) is 150 cm³/mol. The van der Waals surface area contributed by atoms with Gasteiger partial charge in [-0.3, -0.25) is 9.59 Å². The minimum atomic E-state index is -3.98. The van der Waals surface area contributed by atoms with Crippen LogP contribution in [-0.4, -0.2) is 55.1 Å². The van der Waals surface area contributed by atoms with E-state index in [9.17, 15) is 22.4 Å². The molecule has 0 saturated carbocycles. The van der Waals surface area contributed by atoms with Gasteiger partial charge in [-0.2, -0.15) is 4.31 Å². The van der Waals surface area contributed by atoms with Crippen molar-refractivity contribution in [3.05, 3.63) is 101 Å². The number of nitrogens with zero attached hydrogens (tertiary/aromatic N) is 2. The average Bonchev–Trinajstić information content (AvgIpc) is 2.92. The van der Waals surface area contributed by atoms with Crippen LogP contribution in [-0.2, 0) is 32.6 Å². The Balaban J connectivity index is 1.99. The number of carbonyl (C=O) groups is 2. The molecule has 3 rings (SSSR count). The van der Waals surface area contributed by atoms with E-state index in [1.807, 2.05) is 51.1 Å². The lowest BCUT2D eigenvalue weighted by molar-refractivity contribution is -0.141. The molecular formula is C30H36FN3O4S. The van der Waals surface area contributed by atoms with Crippen LogP contribution in [0.3, 0.4) is 0 Å². The summed E-state index contributed by atoms with van der Waals surface area (Å²) in [7, 11) is -2.66. The summed E-state index contributed by atoms with van der Waals surface area (Å²) in [6.07, 6.45) is 0.861. The lowest BCUT2D eigenvalue weighted by Gasteiger charge is -2.33. The molecule has 0 aliphatic heterocycles. The molecule has 0 radical (unpaired) electrons. The van der Waals surface area contributed by atoms with E-state index < -0.39 is 34.3 Å². The molecule has 2 atom stereocenters. The highest BCUT2D eigenvalue weighted by Crippen LogP contribution is 2.19. The molecule has 0 aromatic heterocycles. The molecule has 3 aromatic carbocycles. The summed E-state index contributed by atoms with van der Waals surface area (Å²) >= 11 is 0.